The van der Waals surface area contributed by atoms with Crippen LogP contribution in [0.3, 0.4) is 0 Å². The van der Waals surface area contributed by atoms with E-state index in [2.05, 4.69) is 20.7 Å². The lowest BCUT2D eigenvalue weighted by atomic mass is 9.73. The maximum absolute atomic E-state index is 13.9. The predicted octanol–water partition coefficient (Wildman–Crippen LogP) is -10.3. The van der Waals surface area contributed by atoms with Crippen LogP contribution >= 0.6 is 30.6 Å². The number of aliphatic hydroxyl groups excluding tert-OH is 21. The summed E-state index contributed by atoms with van der Waals surface area (Å²) in [6, 6.07) is -1.13. The first kappa shape index (κ1) is 102. The average Bonchev–Trinajstić information content (AvgIpc) is 1.46. The molecule has 712 valence electrons. The van der Waals surface area contributed by atoms with Gasteiger partial charge in [-0.05, 0) is 58.2 Å². The van der Waals surface area contributed by atoms with Gasteiger partial charge in [-0.3, -0.25) is 18.9 Å². The molecule has 23 aliphatic rings. The number of ether oxygens (including phenoxy) is 16. The molecule has 0 saturated carbocycles. The van der Waals surface area contributed by atoms with E-state index in [1.807, 2.05) is 13.8 Å². The number of cyclic esters (lactones) is 1. The van der Waals surface area contributed by atoms with Crippen LogP contribution in [0, 0.1) is 17.3 Å². The number of thioether (sulfide) groups is 1. The zero-order valence-corrected chi connectivity index (χ0v) is 71.8. The van der Waals surface area contributed by atoms with Crippen LogP contribution in [0.15, 0.2) is 11.0 Å². The molecule has 44 atom stereocenters. The van der Waals surface area contributed by atoms with Gasteiger partial charge in [0.15, 0.2) is 44.0 Å². The molecule has 24 heterocycles. The van der Waals surface area contributed by atoms with Crippen molar-refractivity contribution in [1.82, 2.24) is 20.7 Å². The number of hydrogen-bond acceptors (Lipinski definition) is 45. The third-order valence-electron chi connectivity index (χ3n) is 24.8. The Labute approximate surface area is 720 Å². The van der Waals surface area contributed by atoms with Crippen molar-refractivity contribution in [2.24, 2.45) is 17.3 Å². The summed E-state index contributed by atoms with van der Waals surface area (Å²) in [5.41, 5.74) is -0.960. The highest BCUT2D eigenvalue weighted by atomic mass is 32.2. The van der Waals surface area contributed by atoms with Crippen LogP contribution in [0.4, 0.5) is 0 Å². The molecule has 0 aliphatic carbocycles. The Morgan fingerprint density at radius 3 is 1.36 bits per heavy atom. The molecule has 23 fully saturated rings. The summed E-state index contributed by atoms with van der Waals surface area (Å²) in [6.45, 7) is 5.57. The predicted molar refractivity (Wildman–Crippen MR) is 416 cm³/mol. The van der Waals surface area contributed by atoms with Gasteiger partial charge in [0, 0.05) is 35.8 Å². The smallest absolute Gasteiger partial charge is 0.309 e. The van der Waals surface area contributed by atoms with Crippen LogP contribution in [-0.4, -0.2) is 450 Å². The molecule has 49 heteroatoms. The highest BCUT2D eigenvalue weighted by Gasteiger charge is 2.61. The van der Waals surface area contributed by atoms with Gasteiger partial charge in [0.2, 0.25) is 5.91 Å². The van der Waals surface area contributed by atoms with E-state index >= 15 is 0 Å². The van der Waals surface area contributed by atoms with Crippen molar-refractivity contribution >= 4 is 54.4 Å². The molecule has 14 bridgehead atoms. The maximum Gasteiger partial charge on any atom is 0.309 e. The molecule has 23 aliphatic heterocycles. The Bertz CT molecular complexity index is 3680. The topological polar surface area (TPSA) is 713 Å². The summed E-state index contributed by atoms with van der Waals surface area (Å²) >= 11 is 2.06. The highest BCUT2D eigenvalue weighted by molar-refractivity contribution is 7.99. The van der Waals surface area contributed by atoms with E-state index in [9.17, 15) is 131 Å². The van der Waals surface area contributed by atoms with Gasteiger partial charge in [0.25, 0.3) is 7.52 Å². The standard InChI is InChI=1S/C75H123N4O42PS2/c1-26-10-9-11-75(7)40(121-75)15-32(107-42(86)16-39(85)74(5,6)65(102)28(3)43(26)87)27(2)14-30-23-124-41(79-30)17-78-122(104,105)13-12-77-66(103)31(76-8)24-123-25-38-64-50(94)57(101)73(113-38)119-63-37(22-84)111-71(55(99)48(63)92)117-61-35(20-82)110-70(54(98)47(61)91)116-60-34(19-81)108-68(52(96)45(60)89)114-58-29(4)106-67(51(95)44(58)88)115-59-33(18-80)109-69(53(97)46(59)90)118-62-36(21-83)112-72(120-64)56(100)49(62)93/h14,23,26,28-29,31-40,43-64,67-73,76,80-85,87-101H,9-13,15-22,24-25H2,1-8H3,(H,77,103)(H2,78,104,105)/b27-14+/t26-,28+,29?,31+,32-,33?,34?,35?,36?,37?,38?,39-,40?,43-,44+,45+,46+,47+,48+,49+,50+,51?,52?,53?,54?,55?,56?,57?,58-,59-,60-,61-,62-,63-,64-,67-,68-,69+,70-,71-,72+,73+,75+/m0/s1. The number of likely N-dealkylation sites (N-methyl/N-ethyl adjacent to an activating group) is 1. The normalized spacial score (nSPS) is 47.0. The van der Waals surface area contributed by atoms with E-state index in [-0.39, 0.29) is 37.3 Å². The van der Waals surface area contributed by atoms with Crippen molar-refractivity contribution in [3.63, 3.8) is 0 Å². The lowest BCUT2D eigenvalue weighted by molar-refractivity contribution is -0.395. The summed E-state index contributed by atoms with van der Waals surface area (Å²) in [4.78, 5) is 56.8. The molecule has 23 saturated heterocycles. The fourth-order valence-corrected chi connectivity index (χ4v) is 19.7. The number of aromatic nitrogens is 1. The second kappa shape index (κ2) is 43.3. The van der Waals surface area contributed by atoms with Gasteiger partial charge >= 0.3 is 5.97 Å². The van der Waals surface area contributed by atoms with Gasteiger partial charge < -0.3 is 199 Å². The van der Waals surface area contributed by atoms with Crippen LogP contribution in [-0.2, 0) is 101 Å². The number of rotatable bonds is 19. The lowest BCUT2D eigenvalue weighted by Gasteiger charge is -2.50. The molecule has 1 amide bonds. The summed E-state index contributed by atoms with van der Waals surface area (Å²) in [5, 5.41) is 249. The van der Waals surface area contributed by atoms with Crippen molar-refractivity contribution in [2.45, 2.75) is 338 Å². The van der Waals surface area contributed by atoms with Gasteiger partial charge in [-0.15, -0.1) is 11.3 Å². The molecule has 46 nitrogen and oxygen atoms in total. The largest absolute Gasteiger partial charge is 0.458 e. The van der Waals surface area contributed by atoms with Crippen LogP contribution in [0.25, 0.3) is 6.08 Å². The zero-order valence-electron chi connectivity index (χ0n) is 69.2. The number of aliphatic hydroxyl groups is 21. The monoisotopic (exact) mass is 1850 g/mol. The quantitative estimate of drug-likeness (QED) is 0.0347. The summed E-state index contributed by atoms with van der Waals surface area (Å²) in [6.07, 6.45) is -71.2. The summed E-state index contributed by atoms with van der Waals surface area (Å²) < 4.78 is 108. The average molecular weight is 1850 g/mol. The minimum Gasteiger partial charge on any atom is -0.458 e. The van der Waals surface area contributed by atoms with Crippen LogP contribution < -0.4 is 15.7 Å². The molecule has 0 aromatic carbocycles. The molecule has 124 heavy (non-hydrogen) atoms. The second-order valence-corrected chi connectivity index (χ2v) is 38.2. The number of fused-ring (bicyclic) bond motifs is 1. The van der Waals surface area contributed by atoms with E-state index in [1.165, 1.54) is 27.8 Å². The second-order valence-electron chi connectivity index (χ2n) is 34.0. The van der Waals surface area contributed by atoms with Crippen LogP contribution in [0.2, 0.25) is 0 Å². The molecule has 1 aromatic rings. The molecular formula is C75H123N4O42PS2. The number of carbonyl (C=O) groups excluding carboxylic acids is 3. The molecule has 0 radical (unpaired) electrons. The van der Waals surface area contributed by atoms with Gasteiger partial charge in [0.05, 0.1) is 105 Å². The van der Waals surface area contributed by atoms with Crippen LogP contribution in [0.1, 0.15) is 91.3 Å². The van der Waals surface area contributed by atoms with E-state index in [0.29, 0.717) is 35.5 Å². The molecule has 1 aromatic heterocycles. The number of carbonyl (C=O) groups is 3. The van der Waals surface area contributed by atoms with Crippen molar-refractivity contribution in [3.8, 4) is 0 Å². The SMILES string of the molecule is CN[C@H](CSCC1O[C@@H]2O[C@H]3C(CO)O[C@@H](O[C@H]4C(CO)O[C@@H](O[C@H]5C(CO)O[C@@H](O[C@H]6C(C)O[C@@H](O[C@H]7C(CO)O[C@H](O[C@H]8C(CO)O[C@H](O[C@@H]1[C@H](O)C2O)C(O)[C@H]8O)C(O)[C@H]7O)C(O)[C@H]6O)C(O)[C@H]5O)C(O)[C@H]4O)C(O)[C@H]3O)C(=O)NCCP(=O)(O)NCc1nc(/C=C(\C)[C@@H]2CC3O[C@]3(C)CCC[C@H](C)[C@H](O)[C@@H](C)C(=O)C(C)(C)[C@@H](O)CC(=O)O2)cs1. The fourth-order valence-electron chi connectivity index (χ4n) is 16.8. The van der Waals surface area contributed by atoms with Gasteiger partial charge in [-0.1, -0.05) is 34.1 Å². The van der Waals surface area contributed by atoms with E-state index in [0.717, 1.165) is 23.1 Å². The summed E-state index contributed by atoms with van der Waals surface area (Å²) in [7, 11) is -2.83. The first-order chi connectivity index (χ1) is 58.5. The number of ketones is 1. The van der Waals surface area contributed by atoms with Crippen molar-refractivity contribution in [2.75, 3.05) is 64.3 Å². The van der Waals surface area contributed by atoms with Gasteiger partial charge in [0.1, 0.15) is 176 Å². The number of esters is 1. The molecule has 25 N–H and O–H groups in total. The summed E-state index contributed by atoms with van der Waals surface area (Å²) in [5.74, 6) is -3.51. The first-order valence-corrected chi connectivity index (χ1v) is 45.2. The van der Waals surface area contributed by atoms with Gasteiger partial charge in [-0.2, -0.15) is 11.8 Å². The Morgan fingerprint density at radius 1 is 0.565 bits per heavy atom. The minimum atomic E-state index is -4.24. The lowest BCUT2D eigenvalue weighted by Crippen LogP contribution is -2.68. The van der Waals surface area contributed by atoms with Crippen molar-refractivity contribution in [3.05, 3.63) is 21.7 Å². The first-order valence-electron chi connectivity index (χ1n) is 41.3. The van der Waals surface area contributed by atoms with E-state index in [4.69, 9.17) is 75.8 Å². The van der Waals surface area contributed by atoms with Crippen LogP contribution in [0.5, 0.6) is 0 Å². The Morgan fingerprint density at radius 2 is 0.952 bits per heavy atom. The Hall–Kier alpha value is -3.00. The molecule has 24 rings (SSSR count). The molecule has 0 spiro atoms. The number of nitrogens with one attached hydrogen (secondary N) is 3. The highest BCUT2D eigenvalue weighted by Crippen LogP contribution is 2.47. The van der Waals surface area contributed by atoms with E-state index < -0.39 is 333 Å². The van der Waals surface area contributed by atoms with E-state index in [1.54, 1.807) is 25.3 Å². The molecule has 16 unspecified atom stereocenters. The number of Topliss-reactive ketones (excluding diaryl/α,β-unsaturated/α-hetero) is 1. The minimum absolute atomic E-state index is 0.194. The van der Waals surface area contributed by atoms with Crippen molar-refractivity contribution in [1.29, 1.82) is 0 Å². The van der Waals surface area contributed by atoms with Gasteiger partial charge in [-0.25, -0.2) is 10.1 Å². The maximum atomic E-state index is 13.9. The number of thiazole rings is 1. The number of amides is 1. The fraction of sp³-hybridized carbons (Fsp3) is 0.893. The van der Waals surface area contributed by atoms with Crippen molar-refractivity contribution < 1.29 is 207 Å². The third kappa shape index (κ3) is 22.9. The number of epoxide rings is 1. The zero-order chi connectivity index (χ0) is 90.8. The Kier molecular flexibility index (Phi) is 35.5. The Balaban J connectivity index is 0.767. The number of nitrogens with zero attached hydrogens (tertiary/aromatic N) is 1. The molecular weight excluding hydrogens is 1720 g/mol. The third-order valence-corrected chi connectivity index (χ3v) is 28.3. The number of hydrogen-bond donors (Lipinski definition) is 25.